The van der Waals surface area contributed by atoms with E-state index in [4.69, 9.17) is 11.6 Å². The van der Waals surface area contributed by atoms with Gasteiger partial charge in [-0.25, -0.2) is 4.99 Å². The van der Waals surface area contributed by atoms with Gasteiger partial charge in [-0.05, 0) is 19.8 Å². The van der Waals surface area contributed by atoms with Crippen molar-refractivity contribution < 1.29 is 0 Å². The molecule has 2 aliphatic rings. The average Bonchev–Trinajstić information content (AvgIpc) is 2.63. The third-order valence-corrected chi connectivity index (χ3v) is 3.57. The topological polar surface area (TPSA) is 37.1 Å². The Morgan fingerprint density at radius 3 is 2.57 bits per heavy atom. The van der Waals surface area contributed by atoms with Gasteiger partial charge in [0.2, 0.25) is 0 Å². The van der Waals surface area contributed by atoms with E-state index < -0.39 is 5.66 Å². The molecule has 0 aromatic heterocycles. The van der Waals surface area contributed by atoms with Gasteiger partial charge in [0.15, 0.2) is 5.66 Å². The molecule has 0 aromatic carbocycles. The highest BCUT2D eigenvalue weighted by Crippen LogP contribution is 2.39. The van der Waals surface area contributed by atoms with E-state index >= 15 is 0 Å². The Kier molecular flexibility index (Phi) is 2.86. The summed E-state index contributed by atoms with van der Waals surface area (Å²) in [5.74, 6) is 1.75. The predicted octanol–water partition coefficient (Wildman–Crippen LogP) is 3.39. The molecule has 78 valence electrons. The van der Waals surface area contributed by atoms with Gasteiger partial charge < -0.3 is 0 Å². The maximum Gasteiger partial charge on any atom is 0.189 e. The standard InChI is InChI=1S/C10H16ClN3/c1-8-12-10(7-11,14-13-8)9-5-3-2-4-6-9/h9H,2-7H2,1H3. The van der Waals surface area contributed by atoms with Crippen molar-refractivity contribution in [2.24, 2.45) is 21.1 Å². The van der Waals surface area contributed by atoms with E-state index in [2.05, 4.69) is 15.2 Å². The van der Waals surface area contributed by atoms with Crippen LogP contribution in [0.15, 0.2) is 15.2 Å². The molecular formula is C10H16ClN3. The Bertz CT molecular complexity index is 269. The number of halogens is 1. The molecule has 0 spiro atoms. The molecule has 1 atom stereocenters. The molecule has 0 saturated heterocycles. The summed E-state index contributed by atoms with van der Waals surface area (Å²) in [6.45, 7) is 1.89. The molecule has 1 aliphatic carbocycles. The van der Waals surface area contributed by atoms with Crippen LogP contribution in [-0.4, -0.2) is 17.4 Å². The normalized spacial score (nSPS) is 33.4. The summed E-state index contributed by atoms with van der Waals surface area (Å²) in [5.41, 5.74) is -0.411. The number of aliphatic imine (C=N–C) groups is 1. The molecule has 1 saturated carbocycles. The molecule has 1 fully saturated rings. The highest BCUT2D eigenvalue weighted by atomic mass is 35.5. The number of nitrogens with zero attached hydrogens (tertiary/aromatic N) is 3. The first-order valence-electron chi connectivity index (χ1n) is 5.32. The summed E-state index contributed by atoms with van der Waals surface area (Å²) in [4.78, 5) is 4.51. The Morgan fingerprint density at radius 1 is 1.36 bits per heavy atom. The van der Waals surface area contributed by atoms with Gasteiger partial charge in [0.1, 0.15) is 5.84 Å². The molecule has 1 aliphatic heterocycles. The lowest BCUT2D eigenvalue weighted by Crippen LogP contribution is -2.36. The lowest BCUT2D eigenvalue weighted by molar-refractivity contribution is 0.235. The zero-order valence-corrected chi connectivity index (χ0v) is 9.30. The fourth-order valence-electron chi connectivity index (χ4n) is 2.39. The first-order chi connectivity index (χ1) is 6.77. The molecule has 0 N–H and O–H groups in total. The number of hydrogen-bond donors (Lipinski definition) is 0. The Morgan fingerprint density at radius 2 is 2.07 bits per heavy atom. The van der Waals surface area contributed by atoms with Crippen LogP contribution in [0.1, 0.15) is 39.0 Å². The molecule has 0 aromatic rings. The van der Waals surface area contributed by atoms with E-state index in [1.54, 1.807) is 0 Å². The number of azo groups is 1. The number of rotatable bonds is 2. The summed E-state index contributed by atoms with van der Waals surface area (Å²) in [5, 5.41) is 8.31. The quantitative estimate of drug-likeness (QED) is 0.631. The van der Waals surface area contributed by atoms with Crippen molar-refractivity contribution in [1.82, 2.24) is 0 Å². The Hall–Kier alpha value is -0.440. The Labute approximate surface area is 89.7 Å². The van der Waals surface area contributed by atoms with Crippen molar-refractivity contribution in [3.05, 3.63) is 0 Å². The molecule has 4 heteroatoms. The second kappa shape index (κ2) is 3.97. The van der Waals surface area contributed by atoms with E-state index in [9.17, 15) is 0 Å². The van der Waals surface area contributed by atoms with Gasteiger partial charge in [0, 0.05) is 5.92 Å². The van der Waals surface area contributed by atoms with Gasteiger partial charge in [-0.15, -0.1) is 16.7 Å². The fraction of sp³-hybridized carbons (Fsp3) is 0.900. The van der Waals surface area contributed by atoms with Gasteiger partial charge in [0.25, 0.3) is 0 Å². The number of alkyl halides is 1. The van der Waals surface area contributed by atoms with Crippen LogP contribution in [0.3, 0.4) is 0 Å². The van der Waals surface area contributed by atoms with Crippen LogP contribution in [0, 0.1) is 5.92 Å². The maximum atomic E-state index is 6.00. The highest BCUT2D eigenvalue weighted by molar-refractivity contribution is 6.18. The third kappa shape index (κ3) is 1.70. The van der Waals surface area contributed by atoms with E-state index in [1.165, 1.54) is 32.1 Å². The molecule has 0 amide bonds. The molecule has 1 unspecified atom stereocenters. The highest BCUT2D eigenvalue weighted by Gasteiger charge is 2.41. The molecule has 1 heterocycles. The zero-order chi connectivity index (χ0) is 10.0. The van der Waals surface area contributed by atoms with Crippen molar-refractivity contribution in [3.63, 3.8) is 0 Å². The second-order valence-electron chi connectivity index (χ2n) is 4.21. The van der Waals surface area contributed by atoms with E-state index in [0.29, 0.717) is 11.8 Å². The monoisotopic (exact) mass is 213 g/mol. The molecule has 2 rings (SSSR count). The van der Waals surface area contributed by atoms with Crippen LogP contribution >= 0.6 is 11.6 Å². The van der Waals surface area contributed by atoms with Gasteiger partial charge >= 0.3 is 0 Å². The SMILES string of the molecule is CC1=NC(CCl)(C2CCCCC2)N=N1. The van der Waals surface area contributed by atoms with Gasteiger partial charge in [-0.2, -0.15) is 5.11 Å². The van der Waals surface area contributed by atoms with Crippen molar-refractivity contribution in [3.8, 4) is 0 Å². The summed E-state index contributed by atoms with van der Waals surface area (Å²) >= 11 is 6.00. The molecule has 3 nitrogen and oxygen atoms in total. The summed E-state index contributed by atoms with van der Waals surface area (Å²) < 4.78 is 0. The van der Waals surface area contributed by atoms with Crippen LogP contribution in [0.4, 0.5) is 0 Å². The first-order valence-corrected chi connectivity index (χ1v) is 5.85. The minimum absolute atomic E-state index is 0.411. The predicted molar refractivity (Wildman–Crippen MR) is 58.0 cm³/mol. The van der Waals surface area contributed by atoms with Crippen LogP contribution in [-0.2, 0) is 0 Å². The van der Waals surface area contributed by atoms with Crippen LogP contribution in [0.5, 0.6) is 0 Å². The van der Waals surface area contributed by atoms with Crippen LogP contribution < -0.4 is 0 Å². The molecule has 0 radical (unpaired) electrons. The zero-order valence-electron chi connectivity index (χ0n) is 8.54. The molecule has 0 bridgehead atoms. The van der Waals surface area contributed by atoms with E-state index in [0.717, 1.165) is 5.84 Å². The minimum atomic E-state index is -0.411. The van der Waals surface area contributed by atoms with E-state index in [1.807, 2.05) is 6.92 Å². The summed E-state index contributed by atoms with van der Waals surface area (Å²) in [6, 6.07) is 0. The van der Waals surface area contributed by atoms with Crippen LogP contribution in [0.2, 0.25) is 0 Å². The van der Waals surface area contributed by atoms with E-state index in [-0.39, 0.29) is 0 Å². The number of hydrogen-bond acceptors (Lipinski definition) is 3. The Balaban J connectivity index is 2.16. The van der Waals surface area contributed by atoms with Crippen LogP contribution in [0.25, 0.3) is 0 Å². The van der Waals surface area contributed by atoms with Crippen molar-refractivity contribution in [1.29, 1.82) is 0 Å². The molecular weight excluding hydrogens is 198 g/mol. The number of amidine groups is 1. The average molecular weight is 214 g/mol. The van der Waals surface area contributed by atoms with Crippen molar-refractivity contribution >= 4 is 17.4 Å². The lowest BCUT2D eigenvalue weighted by Gasteiger charge is -2.32. The molecule has 14 heavy (non-hydrogen) atoms. The van der Waals surface area contributed by atoms with Crippen molar-refractivity contribution in [2.75, 3.05) is 5.88 Å². The summed E-state index contributed by atoms with van der Waals surface area (Å²) in [6.07, 6.45) is 6.31. The van der Waals surface area contributed by atoms with Gasteiger partial charge in [-0.3, -0.25) is 0 Å². The second-order valence-corrected chi connectivity index (χ2v) is 4.47. The third-order valence-electron chi connectivity index (χ3n) is 3.18. The van der Waals surface area contributed by atoms with Gasteiger partial charge in [-0.1, -0.05) is 19.3 Å². The lowest BCUT2D eigenvalue weighted by atomic mass is 9.81. The maximum absolute atomic E-state index is 6.00. The van der Waals surface area contributed by atoms with Gasteiger partial charge in [0.05, 0.1) is 5.88 Å². The fourth-order valence-corrected chi connectivity index (χ4v) is 2.72. The smallest absolute Gasteiger partial charge is 0.189 e. The van der Waals surface area contributed by atoms with Crippen molar-refractivity contribution in [2.45, 2.75) is 44.7 Å². The largest absolute Gasteiger partial charge is 0.235 e. The minimum Gasteiger partial charge on any atom is -0.235 e. The summed E-state index contributed by atoms with van der Waals surface area (Å²) in [7, 11) is 0. The first kappa shape index (κ1) is 10.1.